The molecule has 1 aliphatic rings. The number of anilines is 1. The molecular weight excluding hydrogens is 419 g/mol. The Hall–Kier alpha value is -2.43. The first-order valence-corrected chi connectivity index (χ1v) is 11.0. The molecule has 0 aliphatic carbocycles. The number of nitrogens with zero attached hydrogens (tertiary/aromatic N) is 2. The maximum absolute atomic E-state index is 12.6. The highest BCUT2D eigenvalue weighted by Gasteiger charge is 2.30. The van der Waals surface area contributed by atoms with Gasteiger partial charge < -0.3 is 5.32 Å². The molecule has 162 valence electrons. The zero-order chi connectivity index (χ0) is 21.8. The Kier molecular flexibility index (Phi) is 6.79. The van der Waals surface area contributed by atoms with E-state index in [1.807, 2.05) is 11.0 Å². The Labute approximate surface area is 173 Å². The number of carbonyl (C=O) groups is 1. The van der Waals surface area contributed by atoms with Gasteiger partial charge in [0.25, 0.3) is 0 Å². The molecule has 0 unspecified atom stereocenters. The van der Waals surface area contributed by atoms with E-state index in [9.17, 15) is 26.4 Å². The molecule has 0 spiro atoms. The van der Waals surface area contributed by atoms with Crippen molar-refractivity contribution in [3.63, 3.8) is 0 Å². The predicted molar refractivity (Wildman–Crippen MR) is 107 cm³/mol. The van der Waals surface area contributed by atoms with Gasteiger partial charge in [-0.2, -0.15) is 17.5 Å². The molecule has 0 aromatic heterocycles. The lowest BCUT2D eigenvalue weighted by atomic mass is 10.2. The maximum Gasteiger partial charge on any atom is 0.416 e. The number of piperazine rings is 1. The third-order valence-electron chi connectivity index (χ3n) is 4.78. The van der Waals surface area contributed by atoms with Crippen LogP contribution in [-0.2, 0) is 26.7 Å². The van der Waals surface area contributed by atoms with Crippen LogP contribution in [0.3, 0.4) is 0 Å². The molecular formula is C20H22F3N3O3S. The van der Waals surface area contributed by atoms with Crippen molar-refractivity contribution in [3.8, 4) is 0 Å². The molecule has 1 amide bonds. The number of amides is 1. The summed E-state index contributed by atoms with van der Waals surface area (Å²) in [7, 11) is -3.44. The predicted octanol–water partition coefficient (Wildman–Crippen LogP) is 2.79. The summed E-state index contributed by atoms with van der Waals surface area (Å²) in [6.45, 7) is 1.39. The molecule has 3 rings (SSSR count). The normalized spacial score (nSPS) is 16.4. The Morgan fingerprint density at radius 1 is 0.933 bits per heavy atom. The SMILES string of the molecule is O=C(CN1CCN(S(=O)(=O)Cc2ccccc2)CC1)Nc1ccc(C(F)(F)F)cc1. The van der Waals surface area contributed by atoms with E-state index < -0.39 is 21.8 Å². The minimum atomic E-state index is -4.43. The summed E-state index contributed by atoms with van der Waals surface area (Å²) in [4.78, 5) is 14.0. The third-order valence-corrected chi connectivity index (χ3v) is 6.63. The number of alkyl halides is 3. The van der Waals surface area contributed by atoms with Crippen LogP contribution in [0.4, 0.5) is 18.9 Å². The van der Waals surface area contributed by atoms with Crippen LogP contribution in [0.15, 0.2) is 54.6 Å². The topological polar surface area (TPSA) is 69.7 Å². The van der Waals surface area contributed by atoms with Crippen molar-refractivity contribution >= 4 is 21.6 Å². The molecule has 0 atom stereocenters. The van der Waals surface area contributed by atoms with Crippen LogP contribution < -0.4 is 5.32 Å². The molecule has 0 saturated carbocycles. The van der Waals surface area contributed by atoms with Crippen molar-refractivity contribution in [1.29, 1.82) is 0 Å². The number of rotatable bonds is 6. The number of benzene rings is 2. The molecule has 1 saturated heterocycles. The van der Waals surface area contributed by atoms with E-state index in [1.165, 1.54) is 16.4 Å². The van der Waals surface area contributed by atoms with E-state index in [2.05, 4.69) is 5.32 Å². The smallest absolute Gasteiger partial charge is 0.325 e. The van der Waals surface area contributed by atoms with Crippen LogP contribution in [0.5, 0.6) is 0 Å². The zero-order valence-electron chi connectivity index (χ0n) is 16.1. The Morgan fingerprint density at radius 3 is 2.10 bits per heavy atom. The van der Waals surface area contributed by atoms with Gasteiger partial charge in [-0.15, -0.1) is 0 Å². The first kappa shape index (κ1) is 22.3. The lowest BCUT2D eigenvalue weighted by Gasteiger charge is -2.33. The molecule has 1 N–H and O–H groups in total. The van der Waals surface area contributed by atoms with Crippen molar-refractivity contribution in [2.24, 2.45) is 0 Å². The van der Waals surface area contributed by atoms with E-state index in [0.29, 0.717) is 13.1 Å². The lowest BCUT2D eigenvalue weighted by Crippen LogP contribution is -2.50. The number of sulfonamides is 1. The van der Waals surface area contributed by atoms with Gasteiger partial charge in [0.1, 0.15) is 0 Å². The van der Waals surface area contributed by atoms with Gasteiger partial charge in [0.2, 0.25) is 15.9 Å². The Morgan fingerprint density at radius 2 is 1.53 bits per heavy atom. The molecule has 2 aromatic carbocycles. The largest absolute Gasteiger partial charge is 0.416 e. The second kappa shape index (κ2) is 9.15. The van der Waals surface area contributed by atoms with Crippen LogP contribution in [0, 0.1) is 0 Å². The minimum Gasteiger partial charge on any atom is -0.325 e. The summed E-state index contributed by atoms with van der Waals surface area (Å²) in [5, 5.41) is 2.56. The van der Waals surface area contributed by atoms with Crippen LogP contribution in [0.25, 0.3) is 0 Å². The fourth-order valence-electron chi connectivity index (χ4n) is 3.19. The van der Waals surface area contributed by atoms with Crippen LogP contribution in [-0.4, -0.2) is 56.3 Å². The van der Waals surface area contributed by atoms with Gasteiger partial charge in [-0.05, 0) is 29.8 Å². The van der Waals surface area contributed by atoms with E-state index in [1.54, 1.807) is 24.3 Å². The maximum atomic E-state index is 12.6. The second-order valence-corrected chi connectivity index (χ2v) is 9.01. The van der Waals surface area contributed by atoms with Crippen LogP contribution in [0.2, 0.25) is 0 Å². The monoisotopic (exact) mass is 441 g/mol. The molecule has 30 heavy (non-hydrogen) atoms. The highest BCUT2D eigenvalue weighted by atomic mass is 32.2. The van der Waals surface area contributed by atoms with E-state index in [4.69, 9.17) is 0 Å². The highest BCUT2D eigenvalue weighted by molar-refractivity contribution is 7.88. The molecule has 0 radical (unpaired) electrons. The second-order valence-electron chi connectivity index (χ2n) is 7.04. The van der Waals surface area contributed by atoms with Crippen molar-refractivity contribution in [2.45, 2.75) is 11.9 Å². The molecule has 2 aromatic rings. The Balaban J connectivity index is 1.47. The van der Waals surface area contributed by atoms with Crippen molar-refractivity contribution in [2.75, 3.05) is 38.0 Å². The first-order chi connectivity index (χ1) is 14.1. The highest BCUT2D eigenvalue weighted by Crippen LogP contribution is 2.29. The van der Waals surface area contributed by atoms with E-state index >= 15 is 0 Å². The average molecular weight is 441 g/mol. The lowest BCUT2D eigenvalue weighted by molar-refractivity contribution is -0.137. The third kappa shape index (κ3) is 6.04. The van der Waals surface area contributed by atoms with Gasteiger partial charge in [0.15, 0.2) is 0 Å². The van der Waals surface area contributed by atoms with Gasteiger partial charge >= 0.3 is 6.18 Å². The molecule has 0 bridgehead atoms. The van der Waals surface area contributed by atoms with Gasteiger partial charge in [0.05, 0.1) is 17.9 Å². The van der Waals surface area contributed by atoms with Gasteiger partial charge in [-0.1, -0.05) is 30.3 Å². The van der Waals surface area contributed by atoms with Crippen molar-refractivity contribution in [1.82, 2.24) is 9.21 Å². The van der Waals surface area contributed by atoms with E-state index in [-0.39, 0.29) is 37.0 Å². The molecule has 1 fully saturated rings. The van der Waals surface area contributed by atoms with Crippen molar-refractivity contribution in [3.05, 3.63) is 65.7 Å². The summed E-state index contributed by atoms with van der Waals surface area (Å²) in [5.74, 6) is -0.433. The van der Waals surface area contributed by atoms with Gasteiger partial charge in [-0.25, -0.2) is 8.42 Å². The fourth-order valence-corrected chi connectivity index (χ4v) is 4.70. The van der Waals surface area contributed by atoms with Gasteiger partial charge in [0, 0.05) is 31.9 Å². The molecule has 6 nitrogen and oxygen atoms in total. The van der Waals surface area contributed by atoms with Crippen molar-refractivity contribution < 1.29 is 26.4 Å². The minimum absolute atomic E-state index is 0.0353. The van der Waals surface area contributed by atoms with Gasteiger partial charge in [-0.3, -0.25) is 9.69 Å². The molecule has 1 heterocycles. The fraction of sp³-hybridized carbons (Fsp3) is 0.350. The Bertz CT molecular complexity index is 956. The van der Waals surface area contributed by atoms with Crippen LogP contribution >= 0.6 is 0 Å². The molecule has 10 heteroatoms. The number of carbonyl (C=O) groups excluding carboxylic acids is 1. The molecule has 1 aliphatic heterocycles. The quantitative estimate of drug-likeness (QED) is 0.749. The summed E-state index contributed by atoms with van der Waals surface area (Å²) in [5.41, 5.74) is 0.209. The first-order valence-electron chi connectivity index (χ1n) is 9.35. The number of hydrogen-bond acceptors (Lipinski definition) is 4. The van der Waals surface area contributed by atoms with E-state index in [0.717, 1.165) is 17.7 Å². The standard InChI is InChI=1S/C20H22F3N3O3S/c21-20(22,23)17-6-8-18(9-7-17)24-19(27)14-25-10-12-26(13-11-25)30(28,29)15-16-4-2-1-3-5-16/h1-9H,10-15H2,(H,24,27). The summed E-state index contributed by atoms with van der Waals surface area (Å²) < 4.78 is 64.3. The average Bonchev–Trinajstić information content (AvgIpc) is 2.68. The zero-order valence-corrected chi connectivity index (χ0v) is 16.9. The number of hydrogen-bond donors (Lipinski definition) is 1. The number of halogens is 3. The summed E-state index contributed by atoms with van der Waals surface area (Å²) in [6.07, 6.45) is -4.43. The van der Waals surface area contributed by atoms with Crippen LogP contribution in [0.1, 0.15) is 11.1 Å². The summed E-state index contributed by atoms with van der Waals surface area (Å²) >= 11 is 0. The number of nitrogens with one attached hydrogen (secondary N) is 1. The summed E-state index contributed by atoms with van der Waals surface area (Å²) in [6, 6.07) is 13.2.